The highest BCUT2D eigenvalue weighted by atomic mass is 19.1. The van der Waals surface area contributed by atoms with Gasteiger partial charge in [-0.2, -0.15) is 9.97 Å². The molecule has 2 amide bonds. The lowest BCUT2D eigenvalue weighted by Crippen LogP contribution is -2.49. The summed E-state index contributed by atoms with van der Waals surface area (Å²) in [7, 11) is 0. The fraction of sp³-hybridized carbons (Fsp3) is 0.486. The summed E-state index contributed by atoms with van der Waals surface area (Å²) in [5.41, 5.74) is 3.76. The molecule has 1 atom stereocenters. The van der Waals surface area contributed by atoms with Crippen LogP contribution >= 0.6 is 0 Å². The molecule has 0 bridgehead atoms. The Balaban J connectivity index is 1.28. The van der Waals surface area contributed by atoms with Crippen molar-refractivity contribution < 1.29 is 23.5 Å². The highest BCUT2D eigenvalue weighted by molar-refractivity contribution is 5.97. The molecule has 0 radical (unpaired) electrons. The van der Waals surface area contributed by atoms with Crippen molar-refractivity contribution in [3.05, 3.63) is 65.6 Å². The van der Waals surface area contributed by atoms with Crippen LogP contribution in [0, 0.1) is 6.92 Å². The highest BCUT2D eigenvalue weighted by Crippen LogP contribution is 2.36. The largest absolute Gasteiger partial charge is 0.461 e. The summed E-state index contributed by atoms with van der Waals surface area (Å²) in [6.45, 7) is 14.9. The minimum absolute atomic E-state index is 0.142. The normalized spacial score (nSPS) is 18.5. The molecule has 0 saturated carbocycles. The zero-order valence-corrected chi connectivity index (χ0v) is 27.2. The van der Waals surface area contributed by atoms with Crippen LogP contribution in [0.1, 0.15) is 50.4 Å². The van der Waals surface area contributed by atoms with Gasteiger partial charge in [0.2, 0.25) is 0 Å². The van der Waals surface area contributed by atoms with Gasteiger partial charge < -0.3 is 29.1 Å². The molecule has 2 aromatic carbocycles. The van der Waals surface area contributed by atoms with Crippen molar-refractivity contribution >= 4 is 34.3 Å². The van der Waals surface area contributed by atoms with Gasteiger partial charge in [0.15, 0.2) is 5.83 Å². The van der Waals surface area contributed by atoms with Crippen LogP contribution in [0.4, 0.5) is 20.7 Å². The summed E-state index contributed by atoms with van der Waals surface area (Å²) >= 11 is 0. The molecule has 0 spiro atoms. The Morgan fingerprint density at radius 2 is 1.74 bits per heavy atom. The number of likely N-dealkylation sites (tertiary alicyclic amines) is 1. The molecular weight excluding hydrogens is 587 g/mol. The molecule has 1 aromatic heterocycles. The first-order valence-corrected chi connectivity index (χ1v) is 16.1. The summed E-state index contributed by atoms with van der Waals surface area (Å²) in [6.07, 6.45) is 2.08. The molecule has 11 heteroatoms. The van der Waals surface area contributed by atoms with Crippen LogP contribution in [0.5, 0.6) is 6.01 Å². The van der Waals surface area contributed by atoms with Gasteiger partial charge in [0, 0.05) is 55.9 Å². The summed E-state index contributed by atoms with van der Waals surface area (Å²) < 4.78 is 25.5. The number of halogens is 1. The molecule has 0 aliphatic carbocycles. The second kappa shape index (κ2) is 12.8. The predicted octanol–water partition coefficient (Wildman–Crippen LogP) is 5.41. The molecule has 4 heterocycles. The van der Waals surface area contributed by atoms with E-state index in [2.05, 4.69) is 59.7 Å². The first-order valence-electron chi connectivity index (χ1n) is 16.1. The first kappa shape index (κ1) is 31.6. The van der Waals surface area contributed by atoms with Gasteiger partial charge in [-0.05, 0) is 64.0 Å². The molecule has 6 rings (SSSR count). The minimum Gasteiger partial charge on any atom is -0.461 e. The van der Waals surface area contributed by atoms with E-state index in [-0.39, 0.29) is 24.8 Å². The van der Waals surface area contributed by atoms with E-state index < -0.39 is 17.3 Å². The third-order valence-corrected chi connectivity index (χ3v) is 8.96. The summed E-state index contributed by atoms with van der Waals surface area (Å²) in [5, 5.41) is 2.43. The number of anilines is 2. The SMILES string of the molecule is C=C(F)C(=O)N1CCN(c2nc(OC[C@@H]3CCCN3C(=O)OC(C)(C)C)nc3c2CCN(c2cccc4cccc(C)c24)C3)CC1. The summed E-state index contributed by atoms with van der Waals surface area (Å²) in [6, 6.07) is 12.9. The van der Waals surface area contributed by atoms with E-state index in [0.717, 1.165) is 42.9 Å². The number of hydrogen-bond donors (Lipinski definition) is 0. The van der Waals surface area contributed by atoms with Crippen LogP contribution in [-0.2, 0) is 22.5 Å². The van der Waals surface area contributed by atoms with Crippen LogP contribution in [0.25, 0.3) is 10.8 Å². The Hall–Kier alpha value is -4.41. The maximum Gasteiger partial charge on any atom is 0.410 e. The highest BCUT2D eigenvalue weighted by Gasteiger charge is 2.34. The Labute approximate surface area is 269 Å². The van der Waals surface area contributed by atoms with E-state index >= 15 is 0 Å². The lowest BCUT2D eigenvalue weighted by atomic mass is 9.99. The lowest BCUT2D eigenvalue weighted by molar-refractivity contribution is -0.128. The molecule has 0 unspecified atom stereocenters. The zero-order valence-electron chi connectivity index (χ0n) is 27.2. The number of carbonyl (C=O) groups excluding carboxylic acids is 2. The van der Waals surface area contributed by atoms with Gasteiger partial charge in [-0.3, -0.25) is 4.79 Å². The average molecular weight is 631 g/mol. The Morgan fingerprint density at radius 1 is 1.00 bits per heavy atom. The average Bonchev–Trinajstić information content (AvgIpc) is 3.51. The molecule has 244 valence electrons. The quantitative estimate of drug-likeness (QED) is 0.334. The van der Waals surface area contributed by atoms with Crippen LogP contribution < -0.4 is 14.5 Å². The van der Waals surface area contributed by atoms with Gasteiger partial charge >= 0.3 is 12.1 Å². The van der Waals surface area contributed by atoms with Gasteiger partial charge in [-0.1, -0.05) is 36.9 Å². The number of benzene rings is 2. The molecule has 3 aromatic rings. The lowest BCUT2D eigenvalue weighted by Gasteiger charge is -2.38. The maximum atomic E-state index is 13.6. The van der Waals surface area contributed by atoms with E-state index in [4.69, 9.17) is 19.4 Å². The number of ether oxygens (including phenoxy) is 2. The Bertz CT molecular complexity index is 1640. The van der Waals surface area contributed by atoms with Gasteiger partial charge in [0.05, 0.1) is 18.3 Å². The number of rotatable bonds is 6. The van der Waals surface area contributed by atoms with E-state index in [1.54, 1.807) is 4.90 Å². The minimum atomic E-state index is -0.945. The topological polar surface area (TPSA) is 91.3 Å². The number of piperazine rings is 1. The molecule has 46 heavy (non-hydrogen) atoms. The van der Waals surface area contributed by atoms with Crippen molar-refractivity contribution in [3.63, 3.8) is 0 Å². The van der Waals surface area contributed by atoms with Crippen LogP contribution in [0.3, 0.4) is 0 Å². The monoisotopic (exact) mass is 630 g/mol. The van der Waals surface area contributed by atoms with Crippen molar-refractivity contribution in [1.82, 2.24) is 19.8 Å². The van der Waals surface area contributed by atoms with Crippen molar-refractivity contribution in [1.29, 1.82) is 0 Å². The van der Waals surface area contributed by atoms with Gasteiger partial charge in [0.1, 0.15) is 18.0 Å². The number of hydrogen-bond acceptors (Lipinski definition) is 8. The molecule has 2 saturated heterocycles. The van der Waals surface area contributed by atoms with Crippen molar-refractivity contribution in [2.24, 2.45) is 0 Å². The van der Waals surface area contributed by atoms with Crippen LogP contribution in [0.2, 0.25) is 0 Å². The second-order valence-electron chi connectivity index (χ2n) is 13.3. The van der Waals surface area contributed by atoms with E-state index in [1.165, 1.54) is 26.9 Å². The molecule has 0 N–H and O–H groups in total. The fourth-order valence-corrected chi connectivity index (χ4v) is 6.72. The number of aryl methyl sites for hydroxylation is 1. The number of aromatic nitrogens is 2. The number of carbonyl (C=O) groups is 2. The first-order chi connectivity index (χ1) is 22.0. The second-order valence-corrected chi connectivity index (χ2v) is 13.3. The van der Waals surface area contributed by atoms with E-state index in [0.29, 0.717) is 39.3 Å². The van der Waals surface area contributed by atoms with Gasteiger partial charge in [-0.25, -0.2) is 9.18 Å². The Kier molecular flexibility index (Phi) is 8.76. The van der Waals surface area contributed by atoms with Gasteiger partial charge in [-0.15, -0.1) is 0 Å². The van der Waals surface area contributed by atoms with Gasteiger partial charge in [0.25, 0.3) is 5.91 Å². The zero-order chi connectivity index (χ0) is 32.6. The third-order valence-electron chi connectivity index (χ3n) is 8.96. The van der Waals surface area contributed by atoms with Crippen LogP contribution in [0.15, 0.2) is 48.8 Å². The number of nitrogens with zero attached hydrogens (tertiary/aromatic N) is 6. The molecular formula is C35H43FN6O4. The molecule has 3 aliphatic heterocycles. The molecule has 2 fully saturated rings. The number of fused-ring (bicyclic) bond motifs is 2. The van der Waals surface area contributed by atoms with Crippen molar-refractivity contribution in [2.45, 2.75) is 65.1 Å². The smallest absolute Gasteiger partial charge is 0.410 e. The predicted molar refractivity (Wildman–Crippen MR) is 176 cm³/mol. The molecule has 10 nitrogen and oxygen atoms in total. The van der Waals surface area contributed by atoms with E-state index in [9.17, 15) is 14.0 Å². The summed E-state index contributed by atoms with van der Waals surface area (Å²) in [4.78, 5) is 42.7. The van der Waals surface area contributed by atoms with Crippen molar-refractivity contribution in [2.75, 3.05) is 55.7 Å². The van der Waals surface area contributed by atoms with Crippen molar-refractivity contribution in [3.8, 4) is 6.01 Å². The summed E-state index contributed by atoms with van der Waals surface area (Å²) in [5.74, 6) is -0.824. The molecule has 3 aliphatic rings. The van der Waals surface area contributed by atoms with Crippen LogP contribution in [-0.4, -0.2) is 89.3 Å². The fourth-order valence-electron chi connectivity index (χ4n) is 6.72. The standard InChI is InChI=1S/C35H43FN6O4/c1-23-9-6-10-25-11-7-13-29(30(23)25)41-16-14-27-28(21-41)37-33(38-31(27)39-17-19-40(20-18-39)32(43)24(2)36)45-22-26-12-8-15-42(26)34(44)46-35(3,4)5/h6-7,9-11,13,26H,2,8,12,14-22H2,1,3-5H3/t26-/m0/s1. The maximum absolute atomic E-state index is 13.6. The van der Waals surface area contributed by atoms with E-state index in [1.807, 2.05) is 20.8 Å². The Morgan fingerprint density at radius 3 is 2.46 bits per heavy atom. The third kappa shape index (κ3) is 6.59. The number of amides is 2.